The van der Waals surface area contributed by atoms with Crippen molar-refractivity contribution in [2.75, 3.05) is 13.2 Å². The fraction of sp³-hybridized carbons (Fsp3) is 0.440. The lowest BCUT2D eigenvalue weighted by Crippen LogP contribution is -2.50. The Morgan fingerprint density at radius 1 is 1.06 bits per heavy atom. The summed E-state index contributed by atoms with van der Waals surface area (Å²) in [6, 6.07) is 11.0. The van der Waals surface area contributed by atoms with Crippen molar-refractivity contribution in [1.82, 2.24) is 10.2 Å². The molecule has 0 aliphatic heterocycles. The van der Waals surface area contributed by atoms with Crippen LogP contribution in [0.5, 0.6) is 5.75 Å². The summed E-state index contributed by atoms with van der Waals surface area (Å²) in [6.45, 7) is 10.5. The molecule has 6 heteroatoms. The molecule has 2 amide bonds. The number of nitrogens with zero attached hydrogens (tertiary/aromatic N) is 1. The van der Waals surface area contributed by atoms with Gasteiger partial charge in [0.2, 0.25) is 5.91 Å². The Hall–Kier alpha value is -2.53. The Balaban J connectivity index is 2.24. The molecule has 0 aliphatic rings. The molecule has 2 rings (SSSR count). The van der Waals surface area contributed by atoms with Crippen molar-refractivity contribution in [1.29, 1.82) is 0 Å². The Labute approximate surface area is 190 Å². The second-order valence-electron chi connectivity index (χ2n) is 7.82. The summed E-state index contributed by atoms with van der Waals surface area (Å²) in [7, 11) is 0. The highest BCUT2D eigenvalue weighted by Crippen LogP contribution is 2.26. The SMILES string of the molecule is CCCNC(=O)[C@H](CC)N(Cc1ccccc1C)C(=O)COc1cc(C)c(Cl)c(C)c1. The van der Waals surface area contributed by atoms with Crippen LogP contribution < -0.4 is 10.1 Å². The van der Waals surface area contributed by atoms with Gasteiger partial charge in [0.15, 0.2) is 6.61 Å². The third-order valence-corrected chi connectivity index (χ3v) is 5.91. The van der Waals surface area contributed by atoms with E-state index in [1.54, 1.807) is 4.90 Å². The lowest BCUT2D eigenvalue weighted by Gasteiger charge is -2.31. The van der Waals surface area contributed by atoms with Crippen LogP contribution in [0.25, 0.3) is 0 Å². The molecule has 1 atom stereocenters. The normalized spacial score (nSPS) is 11.7. The molecule has 0 fully saturated rings. The Bertz CT molecular complexity index is 890. The summed E-state index contributed by atoms with van der Waals surface area (Å²) in [6.07, 6.45) is 1.36. The number of carbonyl (C=O) groups excluding carboxylic acids is 2. The van der Waals surface area contributed by atoms with Crippen molar-refractivity contribution >= 4 is 23.4 Å². The molecule has 0 radical (unpaired) electrons. The van der Waals surface area contributed by atoms with Crippen LogP contribution >= 0.6 is 11.6 Å². The first-order chi connectivity index (χ1) is 14.8. The van der Waals surface area contributed by atoms with E-state index in [-0.39, 0.29) is 18.4 Å². The van der Waals surface area contributed by atoms with Gasteiger partial charge in [-0.25, -0.2) is 0 Å². The molecular weight excluding hydrogens is 412 g/mol. The number of amides is 2. The van der Waals surface area contributed by atoms with Gasteiger partial charge in [0.25, 0.3) is 5.91 Å². The van der Waals surface area contributed by atoms with Crippen LogP contribution in [0.15, 0.2) is 36.4 Å². The number of benzene rings is 2. The zero-order chi connectivity index (χ0) is 23.0. The molecule has 0 aromatic heterocycles. The first-order valence-electron chi connectivity index (χ1n) is 10.8. The zero-order valence-electron chi connectivity index (χ0n) is 19.1. The minimum absolute atomic E-state index is 0.135. The number of hydrogen-bond donors (Lipinski definition) is 1. The van der Waals surface area contributed by atoms with Gasteiger partial charge < -0.3 is 15.0 Å². The van der Waals surface area contributed by atoms with E-state index in [0.29, 0.717) is 30.3 Å². The molecule has 5 nitrogen and oxygen atoms in total. The van der Waals surface area contributed by atoms with Gasteiger partial charge >= 0.3 is 0 Å². The van der Waals surface area contributed by atoms with E-state index >= 15 is 0 Å². The van der Waals surface area contributed by atoms with Gasteiger partial charge in [-0.15, -0.1) is 0 Å². The molecule has 2 aromatic carbocycles. The second-order valence-corrected chi connectivity index (χ2v) is 8.20. The van der Waals surface area contributed by atoms with Crippen LogP contribution in [0.4, 0.5) is 0 Å². The fourth-order valence-corrected chi connectivity index (χ4v) is 3.58. The molecular formula is C25H33ClN2O3. The smallest absolute Gasteiger partial charge is 0.261 e. The predicted molar refractivity (Wildman–Crippen MR) is 126 cm³/mol. The highest BCUT2D eigenvalue weighted by Gasteiger charge is 2.29. The van der Waals surface area contributed by atoms with E-state index in [2.05, 4.69) is 5.32 Å². The maximum Gasteiger partial charge on any atom is 0.261 e. The Morgan fingerprint density at radius 3 is 2.29 bits per heavy atom. The number of aryl methyl sites for hydroxylation is 3. The maximum absolute atomic E-state index is 13.2. The summed E-state index contributed by atoms with van der Waals surface area (Å²) in [4.78, 5) is 27.7. The summed E-state index contributed by atoms with van der Waals surface area (Å²) in [5.74, 6) is 0.226. The van der Waals surface area contributed by atoms with Crippen LogP contribution in [-0.2, 0) is 16.1 Å². The average Bonchev–Trinajstić information content (AvgIpc) is 2.75. The van der Waals surface area contributed by atoms with Crippen molar-refractivity contribution in [3.05, 3.63) is 63.7 Å². The number of halogens is 1. The maximum atomic E-state index is 13.2. The number of carbonyl (C=O) groups is 2. The van der Waals surface area contributed by atoms with Crippen LogP contribution in [0.3, 0.4) is 0 Å². The lowest BCUT2D eigenvalue weighted by atomic mass is 10.1. The highest BCUT2D eigenvalue weighted by atomic mass is 35.5. The van der Waals surface area contributed by atoms with Crippen LogP contribution in [0, 0.1) is 20.8 Å². The monoisotopic (exact) mass is 444 g/mol. The molecule has 0 heterocycles. The first-order valence-corrected chi connectivity index (χ1v) is 11.2. The topological polar surface area (TPSA) is 58.6 Å². The van der Waals surface area contributed by atoms with E-state index in [4.69, 9.17) is 16.3 Å². The minimum Gasteiger partial charge on any atom is -0.484 e. The highest BCUT2D eigenvalue weighted by molar-refractivity contribution is 6.32. The van der Waals surface area contributed by atoms with Crippen molar-refractivity contribution in [3.63, 3.8) is 0 Å². The number of hydrogen-bond acceptors (Lipinski definition) is 3. The zero-order valence-corrected chi connectivity index (χ0v) is 19.9. The molecule has 0 aliphatic carbocycles. The van der Waals surface area contributed by atoms with Crippen LogP contribution in [-0.4, -0.2) is 35.9 Å². The molecule has 0 spiro atoms. The van der Waals surface area contributed by atoms with Crippen molar-refractivity contribution in [2.45, 2.75) is 60.0 Å². The quantitative estimate of drug-likeness (QED) is 0.562. The molecule has 0 saturated carbocycles. The van der Waals surface area contributed by atoms with E-state index in [9.17, 15) is 9.59 Å². The summed E-state index contributed by atoms with van der Waals surface area (Å²) in [5, 5.41) is 3.62. The van der Waals surface area contributed by atoms with Gasteiger partial charge in [0, 0.05) is 18.1 Å². The Kier molecular flexibility index (Phi) is 9.38. The van der Waals surface area contributed by atoms with Gasteiger partial charge in [0.05, 0.1) is 0 Å². The minimum atomic E-state index is -0.559. The molecule has 0 saturated heterocycles. The molecule has 2 aromatic rings. The summed E-state index contributed by atoms with van der Waals surface area (Å²) < 4.78 is 5.81. The van der Waals surface area contributed by atoms with E-state index in [0.717, 1.165) is 28.7 Å². The first kappa shape index (κ1) is 24.7. The van der Waals surface area contributed by atoms with Crippen molar-refractivity contribution < 1.29 is 14.3 Å². The largest absolute Gasteiger partial charge is 0.484 e. The van der Waals surface area contributed by atoms with Gasteiger partial charge in [-0.1, -0.05) is 49.7 Å². The number of nitrogens with one attached hydrogen (secondary N) is 1. The van der Waals surface area contributed by atoms with E-state index in [1.165, 1.54) is 0 Å². The van der Waals surface area contributed by atoms with Gasteiger partial charge in [-0.3, -0.25) is 9.59 Å². The van der Waals surface area contributed by atoms with Crippen LogP contribution in [0.1, 0.15) is 48.9 Å². The van der Waals surface area contributed by atoms with E-state index < -0.39 is 6.04 Å². The fourth-order valence-electron chi connectivity index (χ4n) is 3.47. The molecule has 1 N–H and O–H groups in total. The second kappa shape index (κ2) is 11.8. The van der Waals surface area contributed by atoms with Crippen molar-refractivity contribution in [2.24, 2.45) is 0 Å². The standard InChI is InChI=1S/C25H33ClN2O3/c1-6-12-27-25(30)22(7-2)28(15-20-11-9-8-10-17(20)3)23(29)16-31-21-13-18(4)24(26)19(5)14-21/h8-11,13-14,22H,6-7,12,15-16H2,1-5H3,(H,27,30)/t22-/m0/s1. The third-order valence-electron chi connectivity index (χ3n) is 5.31. The van der Waals surface area contributed by atoms with Gasteiger partial charge in [0.1, 0.15) is 11.8 Å². The molecule has 168 valence electrons. The average molecular weight is 445 g/mol. The van der Waals surface area contributed by atoms with E-state index in [1.807, 2.05) is 71.0 Å². The molecule has 0 unspecified atom stereocenters. The van der Waals surface area contributed by atoms with Gasteiger partial charge in [-0.2, -0.15) is 0 Å². The Morgan fingerprint density at radius 2 is 1.71 bits per heavy atom. The molecule has 0 bridgehead atoms. The summed E-state index contributed by atoms with van der Waals surface area (Å²) >= 11 is 6.23. The predicted octanol–water partition coefficient (Wildman–Crippen LogP) is 4.98. The van der Waals surface area contributed by atoms with Crippen LogP contribution in [0.2, 0.25) is 5.02 Å². The number of rotatable bonds is 10. The number of ether oxygens (including phenoxy) is 1. The molecule has 31 heavy (non-hydrogen) atoms. The third kappa shape index (κ3) is 6.73. The summed E-state index contributed by atoms with van der Waals surface area (Å²) in [5.41, 5.74) is 3.88. The van der Waals surface area contributed by atoms with Crippen molar-refractivity contribution in [3.8, 4) is 5.75 Å². The van der Waals surface area contributed by atoms with Gasteiger partial charge in [-0.05, 0) is 68.0 Å². The lowest BCUT2D eigenvalue weighted by molar-refractivity contribution is -0.143.